The van der Waals surface area contributed by atoms with Crippen LogP contribution in [0, 0.1) is 0 Å². The number of nitrogens with one attached hydrogen (secondary N) is 1. The lowest BCUT2D eigenvalue weighted by Crippen LogP contribution is -2.03. The van der Waals surface area contributed by atoms with E-state index in [-0.39, 0.29) is 0 Å². The Hall–Kier alpha value is -1.10. The highest BCUT2D eigenvalue weighted by atomic mass is 16.4. The van der Waals surface area contributed by atoms with E-state index >= 15 is 0 Å². The molecule has 0 amide bonds. The number of hydrogen-bond donors (Lipinski definition) is 3. The van der Waals surface area contributed by atoms with Gasteiger partial charge in [-0.2, -0.15) is 0 Å². The van der Waals surface area contributed by atoms with Gasteiger partial charge in [-0.15, -0.1) is 0 Å². The van der Waals surface area contributed by atoms with Gasteiger partial charge in [-0.1, -0.05) is 0 Å². The Balaban J connectivity index is 0.000000219. The minimum atomic E-state index is -1.31. The van der Waals surface area contributed by atoms with Crippen LogP contribution in [0.4, 0.5) is 0 Å². The van der Waals surface area contributed by atoms with Crippen LogP contribution < -0.4 is 5.32 Å². The van der Waals surface area contributed by atoms with Crippen molar-refractivity contribution in [2.75, 3.05) is 13.1 Å². The fourth-order valence-electron chi connectivity index (χ4n) is 0.129. The Morgan fingerprint density at radius 2 is 1.50 bits per heavy atom. The van der Waals surface area contributed by atoms with Crippen LogP contribution in [0.2, 0.25) is 0 Å². The maximum Gasteiger partial charge on any atom is 0.314 e. The summed E-state index contributed by atoms with van der Waals surface area (Å²) in [4.78, 5) is 18.9. The van der Waals surface area contributed by atoms with Crippen LogP contribution in [0.5, 0.6) is 0 Å². The first-order valence-electron chi connectivity index (χ1n) is 2.77. The first-order chi connectivity index (χ1) is 4.63. The third-order valence-electron chi connectivity index (χ3n) is 0.552. The van der Waals surface area contributed by atoms with Crippen molar-refractivity contribution in [3.05, 3.63) is 0 Å². The molecule has 1 aliphatic rings. The normalized spacial score (nSPS) is 12.8. The summed E-state index contributed by atoms with van der Waals surface area (Å²) in [6.45, 7) is 2.50. The van der Waals surface area contributed by atoms with Crippen molar-refractivity contribution in [1.82, 2.24) is 5.32 Å². The van der Waals surface area contributed by atoms with Gasteiger partial charge in [-0.05, 0) is 0 Å². The van der Waals surface area contributed by atoms with Crippen molar-refractivity contribution in [2.24, 2.45) is 0 Å². The second-order valence-electron chi connectivity index (χ2n) is 1.71. The number of carboxylic acid groups (broad SMARTS) is 2. The van der Waals surface area contributed by atoms with Crippen molar-refractivity contribution < 1.29 is 19.8 Å². The molecule has 0 atom stereocenters. The highest BCUT2D eigenvalue weighted by molar-refractivity contribution is 5.88. The monoisotopic (exact) mass is 147 g/mol. The SMILES string of the molecule is C1CN1.O=C(O)CC(=O)O. The number of carboxylic acids is 2. The molecular weight excluding hydrogens is 138 g/mol. The van der Waals surface area contributed by atoms with E-state index in [2.05, 4.69) is 5.32 Å². The molecule has 1 fully saturated rings. The molecule has 10 heavy (non-hydrogen) atoms. The van der Waals surface area contributed by atoms with Crippen LogP contribution in [0.1, 0.15) is 6.42 Å². The summed E-state index contributed by atoms with van der Waals surface area (Å²) < 4.78 is 0. The summed E-state index contributed by atoms with van der Waals surface area (Å²) in [6, 6.07) is 0. The minimum absolute atomic E-state index is 0.806. The summed E-state index contributed by atoms with van der Waals surface area (Å²) in [5.74, 6) is -2.62. The van der Waals surface area contributed by atoms with E-state index in [0.29, 0.717) is 0 Å². The molecule has 0 aliphatic carbocycles. The second kappa shape index (κ2) is 4.75. The van der Waals surface area contributed by atoms with Crippen molar-refractivity contribution in [1.29, 1.82) is 0 Å². The summed E-state index contributed by atoms with van der Waals surface area (Å²) in [5.41, 5.74) is 0. The third-order valence-corrected chi connectivity index (χ3v) is 0.552. The largest absolute Gasteiger partial charge is 0.481 e. The zero-order chi connectivity index (χ0) is 7.98. The quantitative estimate of drug-likeness (QED) is 0.348. The van der Waals surface area contributed by atoms with Crippen molar-refractivity contribution in [2.45, 2.75) is 6.42 Å². The lowest BCUT2D eigenvalue weighted by atomic mass is 10.5. The van der Waals surface area contributed by atoms with Crippen LogP contribution in [0.3, 0.4) is 0 Å². The van der Waals surface area contributed by atoms with Gasteiger partial charge < -0.3 is 15.5 Å². The Morgan fingerprint density at radius 3 is 1.50 bits per heavy atom. The van der Waals surface area contributed by atoms with E-state index < -0.39 is 18.4 Å². The Labute approximate surface area is 57.7 Å². The van der Waals surface area contributed by atoms with Gasteiger partial charge in [-0.25, -0.2) is 0 Å². The van der Waals surface area contributed by atoms with Gasteiger partial charge in [0.2, 0.25) is 0 Å². The van der Waals surface area contributed by atoms with Crippen LogP contribution in [0.25, 0.3) is 0 Å². The van der Waals surface area contributed by atoms with Gasteiger partial charge in [-0.3, -0.25) is 9.59 Å². The van der Waals surface area contributed by atoms with E-state index in [4.69, 9.17) is 10.2 Å². The lowest BCUT2D eigenvalue weighted by Gasteiger charge is -1.80. The van der Waals surface area contributed by atoms with Crippen LogP contribution in [0.15, 0.2) is 0 Å². The molecule has 0 spiro atoms. The van der Waals surface area contributed by atoms with Crippen molar-refractivity contribution in [3.8, 4) is 0 Å². The van der Waals surface area contributed by atoms with Gasteiger partial charge in [0.15, 0.2) is 0 Å². The Bertz CT molecular complexity index is 117. The van der Waals surface area contributed by atoms with E-state index in [0.717, 1.165) is 0 Å². The summed E-state index contributed by atoms with van der Waals surface area (Å²) in [7, 11) is 0. The molecule has 1 aliphatic heterocycles. The Kier molecular flexibility index (Phi) is 4.23. The van der Waals surface area contributed by atoms with Crippen LogP contribution in [-0.4, -0.2) is 35.2 Å². The van der Waals surface area contributed by atoms with Crippen LogP contribution >= 0.6 is 0 Å². The number of rotatable bonds is 2. The summed E-state index contributed by atoms with van der Waals surface area (Å²) >= 11 is 0. The molecule has 0 radical (unpaired) electrons. The standard InChI is InChI=1S/C3H4O4.C2H5N/c4-2(5)1-3(6)7;1-2-3-1/h1H2,(H,4,5)(H,6,7);3H,1-2H2. The molecule has 5 nitrogen and oxygen atoms in total. The van der Waals surface area contributed by atoms with Gasteiger partial charge in [0.1, 0.15) is 6.42 Å². The zero-order valence-electron chi connectivity index (χ0n) is 5.33. The average molecular weight is 147 g/mol. The highest BCUT2D eigenvalue weighted by Crippen LogP contribution is 1.74. The molecule has 0 unspecified atom stereocenters. The van der Waals surface area contributed by atoms with Gasteiger partial charge in [0.05, 0.1) is 0 Å². The summed E-state index contributed by atoms with van der Waals surface area (Å²) in [6.07, 6.45) is -0.806. The van der Waals surface area contributed by atoms with Crippen molar-refractivity contribution >= 4 is 11.9 Å². The molecule has 0 saturated carbocycles. The fraction of sp³-hybridized carbons (Fsp3) is 0.600. The molecule has 3 N–H and O–H groups in total. The molecule has 1 rings (SSSR count). The Morgan fingerprint density at radius 1 is 1.20 bits per heavy atom. The zero-order valence-corrected chi connectivity index (χ0v) is 5.33. The molecule has 5 heteroatoms. The molecule has 1 saturated heterocycles. The van der Waals surface area contributed by atoms with E-state index in [9.17, 15) is 9.59 Å². The van der Waals surface area contributed by atoms with Gasteiger partial charge in [0.25, 0.3) is 0 Å². The highest BCUT2D eigenvalue weighted by Gasteiger charge is 2.01. The number of carbonyl (C=O) groups is 2. The first-order valence-corrected chi connectivity index (χ1v) is 2.77. The van der Waals surface area contributed by atoms with Crippen LogP contribution in [-0.2, 0) is 9.59 Å². The molecule has 58 valence electrons. The maximum absolute atomic E-state index is 9.43. The molecule has 0 bridgehead atoms. The molecule has 0 aromatic carbocycles. The van der Waals surface area contributed by atoms with Gasteiger partial charge >= 0.3 is 11.9 Å². The topological polar surface area (TPSA) is 96.5 Å². The predicted molar refractivity (Wildman–Crippen MR) is 32.8 cm³/mol. The molecule has 0 aromatic heterocycles. The maximum atomic E-state index is 9.43. The molecular formula is C5H9NO4. The predicted octanol–water partition coefficient (Wildman–Crippen LogP) is -0.865. The first kappa shape index (κ1) is 8.90. The van der Waals surface area contributed by atoms with Crippen molar-refractivity contribution in [3.63, 3.8) is 0 Å². The fourth-order valence-corrected chi connectivity index (χ4v) is 0.129. The number of aliphatic carboxylic acids is 2. The molecule has 0 aromatic rings. The smallest absolute Gasteiger partial charge is 0.314 e. The minimum Gasteiger partial charge on any atom is -0.481 e. The number of hydrogen-bond acceptors (Lipinski definition) is 3. The van der Waals surface area contributed by atoms with Gasteiger partial charge in [0, 0.05) is 13.1 Å². The van der Waals surface area contributed by atoms with E-state index in [1.54, 1.807) is 0 Å². The summed E-state index contributed by atoms with van der Waals surface area (Å²) in [5, 5.41) is 18.4. The van der Waals surface area contributed by atoms with E-state index in [1.807, 2.05) is 0 Å². The lowest BCUT2D eigenvalue weighted by molar-refractivity contribution is -0.147. The average Bonchev–Trinajstić information content (AvgIpc) is 2.38. The molecule has 1 heterocycles. The van der Waals surface area contributed by atoms with E-state index in [1.165, 1.54) is 13.1 Å². The third kappa shape index (κ3) is 15.8. The second-order valence-corrected chi connectivity index (χ2v) is 1.71.